The molecule has 0 bridgehead atoms. The molecule has 82 valence electrons. The molecule has 0 aromatic carbocycles. The van der Waals surface area contributed by atoms with E-state index in [2.05, 4.69) is 9.47 Å². The molecule has 0 aliphatic heterocycles. The molecular weight excluding hydrogens is 184 g/mol. The fraction of sp³-hybridized carbons (Fsp3) is 0.800. The highest BCUT2D eigenvalue weighted by Gasteiger charge is 2.17. The number of carbonyl (C=O) groups is 2. The first kappa shape index (κ1) is 7.26. The van der Waals surface area contributed by atoms with Crippen LogP contribution in [0.3, 0.4) is 0 Å². The van der Waals surface area contributed by atoms with Crippen molar-refractivity contribution < 1.29 is 24.5 Å². The highest BCUT2D eigenvalue weighted by Crippen LogP contribution is 2.01. The van der Waals surface area contributed by atoms with Crippen molar-refractivity contribution in [2.75, 3.05) is 6.61 Å². The van der Waals surface area contributed by atoms with Gasteiger partial charge in [0, 0.05) is 11.9 Å². The van der Waals surface area contributed by atoms with Gasteiger partial charge in [-0.25, -0.2) is 4.79 Å². The number of hydrogen-bond donors (Lipinski definition) is 0. The second-order valence-electron chi connectivity index (χ2n) is 2.51. The molecule has 0 aliphatic carbocycles. The molecule has 0 aromatic heterocycles. The van der Waals surface area contributed by atoms with Gasteiger partial charge in [0.25, 0.3) is 0 Å². The second-order valence-corrected chi connectivity index (χ2v) is 2.51. The first-order valence-electron chi connectivity index (χ1n) is 6.37. The summed E-state index contributed by atoms with van der Waals surface area (Å²) in [5.41, 5.74) is 0. The summed E-state index contributed by atoms with van der Waals surface area (Å²) in [6, 6.07) is 0. The summed E-state index contributed by atoms with van der Waals surface area (Å²) in [6.07, 6.45) is -6.20. The maximum Gasteiger partial charge on any atom is 0.347 e. The van der Waals surface area contributed by atoms with E-state index in [0.29, 0.717) is 0 Å². The molecule has 0 saturated heterocycles. The Kier molecular flexibility index (Phi) is 3.81. The predicted molar refractivity (Wildman–Crippen MR) is 51.7 cm³/mol. The van der Waals surface area contributed by atoms with Crippen LogP contribution < -0.4 is 0 Å². The minimum absolute atomic E-state index is 0.130. The van der Waals surface area contributed by atoms with Gasteiger partial charge in [0.15, 0.2) is 6.10 Å². The average molecular weight is 206 g/mol. The van der Waals surface area contributed by atoms with Gasteiger partial charge < -0.3 is 9.47 Å². The van der Waals surface area contributed by atoms with Gasteiger partial charge in [0.05, 0.1) is 6.61 Å². The third kappa shape index (κ3) is 5.56. The standard InChI is InChI=1S/C10H18O4/c1-4-6-7-9(11)14-8(3)10(12)13-5-2/h8H,4-7H2,1-3H3/t8-/m0/s1/i4D2,7D2. The zero-order valence-electron chi connectivity index (χ0n) is 12.6. The lowest BCUT2D eigenvalue weighted by Gasteiger charge is -2.11. The predicted octanol–water partition coefficient (Wildman–Crippen LogP) is 1.67. The Morgan fingerprint density at radius 1 is 1.43 bits per heavy atom. The van der Waals surface area contributed by atoms with Gasteiger partial charge in [-0.1, -0.05) is 13.3 Å². The summed E-state index contributed by atoms with van der Waals surface area (Å²) in [7, 11) is 0. The quantitative estimate of drug-likeness (QED) is 0.620. The monoisotopic (exact) mass is 206 g/mol. The summed E-state index contributed by atoms with van der Waals surface area (Å²) in [5, 5.41) is 0. The van der Waals surface area contributed by atoms with Gasteiger partial charge in [-0.15, -0.1) is 0 Å². The largest absolute Gasteiger partial charge is 0.463 e. The van der Waals surface area contributed by atoms with Crippen molar-refractivity contribution >= 4 is 11.9 Å². The zero-order valence-corrected chi connectivity index (χ0v) is 8.62. The number of carbonyl (C=O) groups excluding carboxylic acids is 2. The van der Waals surface area contributed by atoms with E-state index in [9.17, 15) is 9.59 Å². The SMILES string of the molecule is [2H]C([2H])(C)CC([2H])([2H])C(=O)O[C@@H](C)C(=O)OCC. The summed E-state index contributed by atoms with van der Waals surface area (Å²) in [6.45, 7) is 4.15. The van der Waals surface area contributed by atoms with Crippen LogP contribution in [0.1, 0.15) is 45.4 Å². The fourth-order valence-electron chi connectivity index (χ4n) is 0.671. The Morgan fingerprint density at radius 2 is 2.07 bits per heavy atom. The second kappa shape index (κ2) is 7.35. The molecule has 0 heterocycles. The van der Waals surface area contributed by atoms with E-state index in [1.807, 2.05) is 0 Å². The first-order chi connectivity index (χ1) is 7.99. The summed E-state index contributed by atoms with van der Waals surface area (Å²) < 4.78 is 38.6. The van der Waals surface area contributed by atoms with Gasteiger partial charge in [-0.2, -0.15) is 0 Å². The molecule has 0 spiro atoms. The molecule has 0 amide bonds. The van der Waals surface area contributed by atoms with E-state index in [4.69, 9.17) is 5.48 Å². The van der Waals surface area contributed by atoms with Gasteiger partial charge in [0.2, 0.25) is 0 Å². The van der Waals surface area contributed by atoms with Crippen LogP contribution in [0.2, 0.25) is 0 Å². The minimum Gasteiger partial charge on any atom is -0.463 e. The molecule has 0 aromatic rings. The third-order valence-corrected chi connectivity index (χ3v) is 1.31. The van der Waals surface area contributed by atoms with E-state index < -0.39 is 37.2 Å². The fourth-order valence-corrected chi connectivity index (χ4v) is 0.671. The number of hydrogen-bond acceptors (Lipinski definition) is 4. The number of esters is 2. The summed E-state index contributed by atoms with van der Waals surface area (Å²) in [4.78, 5) is 22.7. The first-order valence-corrected chi connectivity index (χ1v) is 4.37. The molecule has 0 saturated carbocycles. The molecular formula is C10H18O4. The molecule has 4 heteroatoms. The molecule has 0 radical (unpaired) electrons. The number of ether oxygens (including phenoxy) is 2. The van der Waals surface area contributed by atoms with E-state index >= 15 is 0 Å². The van der Waals surface area contributed by atoms with Crippen molar-refractivity contribution in [3.8, 4) is 0 Å². The van der Waals surface area contributed by atoms with Gasteiger partial charge >= 0.3 is 11.9 Å². The number of rotatable bonds is 6. The van der Waals surface area contributed by atoms with Crippen LogP contribution in [0.25, 0.3) is 0 Å². The third-order valence-electron chi connectivity index (χ3n) is 1.31. The maximum absolute atomic E-state index is 11.5. The van der Waals surface area contributed by atoms with Crippen molar-refractivity contribution in [3.05, 3.63) is 0 Å². The van der Waals surface area contributed by atoms with Crippen molar-refractivity contribution in [1.82, 2.24) is 0 Å². The molecule has 0 fully saturated rings. The smallest absolute Gasteiger partial charge is 0.347 e. The van der Waals surface area contributed by atoms with Crippen molar-refractivity contribution in [2.45, 2.75) is 46.0 Å². The van der Waals surface area contributed by atoms with Crippen molar-refractivity contribution in [1.29, 1.82) is 0 Å². The lowest BCUT2D eigenvalue weighted by Crippen LogP contribution is -2.26. The Labute approximate surface area is 90.2 Å². The summed E-state index contributed by atoms with van der Waals surface area (Å²) in [5.74, 6) is -2.03. The van der Waals surface area contributed by atoms with Crippen LogP contribution >= 0.6 is 0 Å². The van der Waals surface area contributed by atoms with E-state index in [1.54, 1.807) is 6.92 Å². The molecule has 0 aliphatic rings. The zero-order chi connectivity index (χ0) is 14.6. The summed E-state index contributed by atoms with van der Waals surface area (Å²) >= 11 is 0. The van der Waals surface area contributed by atoms with Crippen LogP contribution in [-0.2, 0) is 19.1 Å². The molecule has 0 rings (SSSR count). The van der Waals surface area contributed by atoms with Crippen LogP contribution in [0, 0.1) is 0 Å². The maximum atomic E-state index is 11.5. The van der Waals surface area contributed by atoms with Crippen LogP contribution in [0.4, 0.5) is 0 Å². The van der Waals surface area contributed by atoms with Gasteiger partial charge in [-0.05, 0) is 20.3 Å². The normalized spacial score (nSPS) is 18.2. The Morgan fingerprint density at radius 3 is 2.57 bits per heavy atom. The van der Waals surface area contributed by atoms with Crippen molar-refractivity contribution in [3.63, 3.8) is 0 Å². The lowest BCUT2D eigenvalue weighted by molar-refractivity contribution is -0.166. The van der Waals surface area contributed by atoms with Gasteiger partial charge in [0.1, 0.15) is 0 Å². The average Bonchev–Trinajstić information content (AvgIpc) is 2.13. The Balaban J connectivity index is 4.52. The van der Waals surface area contributed by atoms with Gasteiger partial charge in [-0.3, -0.25) is 4.79 Å². The minimum atomic E-state index is -2.49. The molecule has 1 atom stereocenters. The highest BCUT2D eigenvalue weighted by atomic mass is 16.6. The lowest BCUT2D eigenvalue weighted by atomic mass is 10.2. The van der Waals surface area contributed by atoms with Crippen molar-refractivity contribution in [2.24, 2.45) is 0 Å². The highest BCUT2D eigenvalue weighted by molar-refractivity contribution is 5.78. The topological polar surface area (TPSA) is 52.6 Å². The van der Waals surface area contributed by atoms with Crippen LogP contribution in [0.5, 0.6) is 0 Å². The van der Waals surface area contributed by atoms with E-state index in [1.165, 1.54) is 6.92 Å². The molecule has 4 nitrogen and oxygen atoms in total. The molecule has 0 N–H and O–H groups in total. The molecule has 14 heavy (non-hydrogen) atoms. The van der Waals surface area contributed by atoms with Crippen LogP contribution in [-0.4, -0.2) is 24.6 Å². The van der Waals surface area contributed by atoms with E-state index in [0.717, 1.165) is 6.92 Å². The Bertz CT molecular complexity index is 311. The Hall–Kier alpha value is -1.06. The van der Waals surface area contributed by atoms with Crippen LogP contribution in [0.15, 0.2) is 0 Å². The molecule has 0 unspecified atom stereocenters. The van der Waals surface area contributed by atoms with E-state index in [-0.39, 0.29) is 6.61 Å².